The molecule has 0 heterocycles. The second kappa shape index (κ2) is 19.1. The van der Waals surface area contributed by atoms with Crippen LogP contribution in [0.1, 0.15) is 103 Å². The fourth-order valence-corrected chi connectivity index (χ4v) is 2.62. The van der Waals surface area contributed by atoms with Crippen molar-refractivity contribution >= 4 is 12.2 Å². The smallest absolute Gasteiger partial charge is 0.198 e. The first-order chi connectivity index (χ1) is 10.4. The van der Waals surface area contributed by atoms with Crippen molar-refractivity contribution in [3.05, 3.63) is 6.08 Å². The molecular weight excluding hydrogens is 260 g/mol. The monoisotopic (exact) mass is 293 g/mol. The van der Waals surface area contributed by atoms with Crippen LogP contribution in [0.3, 0.4) is 0 Å². The molecule has 2 nitrogen and oxygen atoms in total. The van der Waals surface area contributed by atoms with Gasteiger partial charge in [0.05, 0.1) is 0 Å². The summed E-state index contributed by atoms with van der Waals surface area (Å²) in [6, 6.07) is 0. The molecule has 0 fully saturated rings. The van der Waals surface area contributed by atoms with Gasteiger partial charge in [-0.05, 0) is 25.3 Å². The second-order valence-corrected chi connectivity index (χ2v) is 5.95. The number of carbonyl (C=O) groups excluding carboxylic acids is 2. The summed E-state index contributed by atoms with van der Waals surface area (Å²) < 4.78 is 0. The van der Waals surface area contributed by atoms with Crippen LogP contribution in [0.25, 0.3) is 0 Å². The van der Waals surface area contributed by atoms with Gasteiger partial charge in [0.2, 0.25) is 0 Å². The fraction of sp³-hybridized carbons (Fsp3) is 0.842. The lowest BCUT2D eigenvalue weighted by Gasteiger charge is -2.02. The molecule has 121 valence electrons. The summed E-state index contributed by atoms with van der Waals surface area (Å²) in [5, 5.41) is 0. The summed E-state index contributed by atoms with van der Waals surface area (Å²) in [5.74, 6) is 1.83. The molecule has 0 unspecified atom stereocenters. The average molecular weight is 293 g/mol. The van der Waals surface area contributed by atoms with Crippen molar-refractivity contribution in [1.82, 2.24) is 0 Å². The van der Waals surface area contributed by atoms with Gasteiger partial charge >= 0.3 is 0 Å². The van der Waals surface area contributed by atoms with E-state index in [4.69, 9.17) is 0 Å². The fourth-order valence-electron chi connectivity index (χ4n) is 2.62. The molecule has 0 bridgehead atoms. The highest BCUT2D eigenvalue weighted by molar-refractivity contribution is 5.50. The van der Waals surface area contributed by atoms with Crippen LogP contribution in [0.4, 0.5) is 0 Å². The minimum absolute atomic E-state index is 0.619. The van der Waals surface area contributed by atoms with Crippen LogP contribution in [-0.2, 0) is 9.59 Å². The van der Waals surface area contributed by atoms with E-state index in [1.54, 1.807) is 6.08 Å². The largest absolute Gasteiger partial charge is 0.291 e. The molecular formula is C19H33O2. The molecule has 0 aromatic carbocycles. The lowest BCUT2D eigenvalue weighted by molar-refractivity contribution is 0.528. The maximum atomic E-state index is 10.0. The number of unbranched alkanes of at least 4 members (excludes halogenated alkanes) is 15. The third-order valence-corrected chi connectivity index (χ3v) is 3.96. The van der Waals surface area contributed by atoms with E-state index in [0.29, 0.717) is 6.42 Å². The van der Waals surface area contributed by atoms with Gasteiger partial charge in [0, 0.05) is 6.42 Å². The minimum atomic E-state index is 0.619. The Kier molecular flexibility index (Phi) is 18.3. The van der Waals surface area contributed by atoms with Gasteiger partial charge < -0.3 is 0 Å². The highest BCUT2D eigenvalue weighted by Gasteiger charge is 1.94. The van der Waals surface area contributed by atoms with E-state index in [1.165, 1.54) is 77.0 Å². The predicted octanol–water partition coefficient (Wildman–Crippen LogP) is 5.73. The molecule has 0 aromatic heterocycles. The van der Waals surface area contributed by atoms with E-state index in [2.05, 4.69) is 0 Å². The normalized spacial score (nSPS) is 10.3. The Morgan fingerprint density at radius 2 is 0.905 bits per heavy atom. The topological polar surface area (TPSA) is 34.1 Å². The lowest BCUT2D eigenvalue weighted by Crippen LogP contribution is -1.83. The molecule has 0 aromatic rings. The first-order valence-electron chi connectivity index (χ1n) is 8.96. The molecule has 0 atom stereocenters. The van der Waals surface area contributed by atoms with E-state index in [9.17, 15) is 9.59 Å². The van der Waals surface area contributed by atoms with Gasteiger partial charge in [0.25, 0.3) is 0 Å². The number of hydrogen-bond acceptors (Lipinski definition) is 2. The molecule has 0 rings (SSSR count). The second-order valence-electron chi connectivity index (χ2n) is 5.95. The summed E-state index contributed by atoms with van der Waals surface area (Å²) in [7, 11) is 0. The van der Waals surface area contributed by atoms with Crippen molar-refractivity contribution in [3.8, 4) is 0 Å². The molecule has 0 aliphatic rings. The SMILES string of the molecule is O=[C]CCCCCCCCCCCCCCCCC=C=O. The first-order valence-corrected chi connectivity index (χ1v) is 8.96. The third kappa shape index (κ3) is 19.1. The summed E-state index contributed by atoms with van der Waals surface area (Å²) in [6.07, 6.45) is 23.2. The van der Waals surface area contributed by atoms with Gasteiger partial charge in [-0.2, -0.15) is 0 Å². The van der Waals surface area contributed by atoms with Crippen LogP contribution in [-0.4, -0.2) is 12.2 Å². The Balaban J connectivity index is 2.96. The maximum absolute atomic E-state index is 10.0. The molecule has 0 N–H and O–H groups in total. The van der Waals surface area contributed by atoms with E-state index in [-0.39, 0.29) is 0 Å². The zero-order valence-corrected chi connectivity index (χ0v) is 13.7. The van der Waals surface area contributed by atoms with Gasteiger partial charge in [-0.3, -0.25) is 4.79 Å². The van der Waals surface area contributed by atoms with Crippen LogP contribution >= 0.6 is 0 Å². The van der Waals surface area contributed by atoms with Gasteiger partial charge in [-0.1, -0.05) is 77.0 Å². The minimum Gasteiger partial charge on any atom is -0.291 e. The standard InChI is InChI=1S/C19H33O2/c20-18-16-14-12-10-8-6-4-2-1-3-5-7-9-11-13-15-17-19-21/h16H,1-15,17H2. The number of hydrogen-bond donors (Lipinski definition) is 0. The molecule has 21 heavy (non-hydrogen) atoms. The third-order valence-electron chi connectivity index (χ3n) is 3.96. The summed E-state index contributed by atoms with van der Waals surface area (Å²) in [5.41, 5.74) is 0. The van der Waals surface area contributed by atoms with Crippen LogP contribution in [0.2, 0.25) is 0 Å². The van der Waals surface area contributed by atoms with Gasteiger partial charge in [-0.25, -0.2) is 4.79 Å². The van der Waals surface area contributed by atoms with Crippen molar-refractivity contribution in [2.75, 3.05) is 0 Å². The van der Waals surface area contributed by atoms with Crippen LogP contribution in [0.15, 0.2) is 6.08 Å². The number of rotatable bonds is 17. The Morgan fingerprint density at radius 1 is 0.524 bits per heavy atom. The van der Waals surface area contributed by atoms with Crippen molar-refractivity contribution in [3.63, 3.8) is 0 Å². The molecule has 2 heteroatoms. The number of allylic oxidation sites excluding steroid dienone is 1. The predicted molar refractivity (Wildman–Crippen MR) is 89.8 cm³/mol. The first kappa shape index (κ1) is 20.1. The summed E-state index contributed by atoms with van der Waals surface area (Å²) in [6.45, 7) is 0. The Hall–Kier alpha value is -0.880. The Morgan fingerprint density at radius 3 is 1.29 bits per heavy atom. The molecule has 0 spiro atoms. The van der Waals surface area contributed by atoms with E-state index in [0.717, 1.165) is 19.3 Å². The van der Waals surface area contributed by atoms with Crippen molar-refractivity contribution in [1.29, 1.82) is 0 Å². The van der Waals surface area contributed by atoms with Crippen LogP contribution in [0.5, 0.6) is 0 Å². The average Bonchev–Trinajstić information content (AvgIpc) is 2.50. The van der Waals surface area contributed by atoms with E-state index < -0.39 is 0 Å². The van der Waals surface area contributed by atoms with Gasteiger partial charge in [0.1, 0.15) is 5.94 Å². The molecule has 0 amide bonds. The highest BCUT2D eigenvalue weighted by atomic mass is 16.1. The van der Waals surface area contributed by atoms with E-state index >= 15 is 0 Å². The Labute approximate surface area is 131 Å². The van der Waals surface area contributed by atoms with Crippen LogP contribution in [0, 0.1) is 0 Å². The van der Waals surface area contributed by atoms with Gasteiger partial charge in [-0.15, -0.1) is 0 Å². The molecule has 0 saturated carbocycles. The lowest BCUT2D eigenvalue weighted by atomic mass is 10.0. The highest BCUT2D eigenvalue weighted by Crippen LogP contribution is 2.13. The summed E-state index contributed by atoms with van der Waals surface area (Å²) in [4.78, 5) is 20.0. The van der Waals surface area contributed by atoms with Crippen molar-refractivity contribution in [2.45, 2.75) is 103 Å². The van der Waals surface area contributed by atoms with Gasteiger partial charge in [0.15, 0.2) is 6.29 Å². The molecule has 1 radical (unpaired) electrons. The maximum Gasteiger partial charge on any atom is 0.198 e. The summed E-state index contributed by atoms with van der Waals surface area (Å²) >= 11 is 0. The zero-order valence-electron chi connectivity index (χ0n) is 13.7. The Bertz CT molecular complexity index is 254. The molecule has 0 aliphatic heterocycles. The quantitative estimate of drug-likeness (QED) is 0.254. The molecule has 0 aliphatic carbocycles. The zero-order chi connectivity index (χ0) is 15.4. The van der Waals surface area contributed by atoms with Crippen molar-refractivity contribution in [2.24, 2.45) is 0 Å². The van der Waals surface area contributed by atoms with Crippen LogP contribution < -0.4 is 0 Å². The molecule has 0 saturated heterocycles. The van der Waals surface area contributed by atoms with E-state index in [1.807, 2.05) is 12.2 Å². The van der Waals surface area contributed by atoms with Crippen molar-refractivity contribution < 1.29 is 9.59 Å².